The molecule has 0 N–H and O–H groups in total. The lowest BCUT2D eigenvalue weighted by atomic mass is 10.1. The number of amides is 1. The molecule has 0 unspecified atom stereocenters. The summed E-state index contributed by atoms with van der Waals surface area (Å²) in [5, 5.41) is 0.820. The zero-order valence-corrected chi connectivity index (χ0v) is 19.4. The second kappa shape index (κ2) is 9.99. The Morgan fingerprint density at radius 1 is 1.19 bits per heavy atom. The maximum Gasteiger partial charge on any atom is 0.233 e. The number of benzene rings is 2. The highest BCUT2D eigenvalue weighted by atomic mass is 32.2. The lowest BCUT2D eigenvalue weighted by Gasteiger charge is -2.19. The minimum atomic E-state index is 0.0457. The normalized spacial score (nSPS) is 12.5. The second-order valence-corrected chi connectivity index (χ2v) is 8.36. The minimum Gasteiger partial charge on any atom is -0.497 e. The highest BCUT2D eigenvalue weighted by molar-refractivity contribution is 7.99. The predicted octanol–water partition coefficient (Wildman–Crippen LogP) is 4.10. The molecular weight excluding hydrogens is 426 g/mol. The van der Waals surface area contributed by atoms with Crippen LogP contribution in [-0.2, 0) is 17.9 Å². The quantitative estimate of drug-likeness (QED) is 0.479. The summed E-state index contributed by atoms with van der Waals surface area (Å²) in [5.74, 6) is 2.67. The molecule has 0 saturated carbocycles. The Kier molecular flexibility index (Phi) is 6.90. The summed E-state index contributed by atoms with van der Waals surface area (Å²) in [6.45, 7) is 4.47. The van der Waals surface area contributed by atoms with E-state index in [1.165, 1.54) is 11.8 Å². The van der Waals surface area contributed by atoms with E-state index in [1.807, 2.05) is 55.7 Å². The number of ether oxygens (including phenoxy) is 3. The summed E-state index contributed by atoms with van der Waals surface area (Å²) < 4.78 is 18.7. The van der Waals surface area contributed by atoms with Crippen molar-refractivity contribution in [2.45, 2.75) is 25.2 Å². The molecule has 2 aromatic carbocycles. The minimum absolute atomic E-state index is 0.0457. The van der Waals surface area contributed by atoms with Crippen LogP contribution >= 0.6 is 11.8 Å². The van der Waals surface area contributed by atoms with Gasteiger partial charge >= 0.3 is 0 Å². The van der Waals surface area contributed by atoms with Gasteiger partial charge in [0.2, 0.25) is 5.91 Å². The van der Waals surface area contributed by atoms with E-state index in [2.05, 4.69) is 16.5 Å². The van der Waals surface area contributed by atoms with Gasteiger partial charge in [0.25, 0.3) is 0 Å². The number of fused-ring (bicyclic) bond motifs is 1. The average molecular weight is 454 g/mol. The van der Waals surface area contributed by atoms with E-state index >= 15 is 0 Å². The molecule has 3 aromatic rings. The molecule has 32 heavy (non-hydrogen) atoms. The molecule has 0 spiro atoms. The van der Waals surface area contributed by atoms with Gasteiger partial charge in [-0.15, -0.1) is 0 Å². The molecule has 1 aromatic heterocycles. The molecule has 1 aliphatic rings. The fraction of sp³-hybridized carbons (Fsp3) is 0.333. The van der Waals surface area contributed by atoms with E-state index in [0.29, 0.717) is 25.5 Å². The van der Waals surface area contributed by atoms with Crippen LogP contribution in [0, 0.1) is 0 Å². The number of hydrogen-bond acceptors (Lipinski definition) is 6. The van der Waals surface area contributed by atoms with Crippen molar-refractivity contribution >= 4 is 17.7 Å². The van der Waals surface area contributed by atoms with E-state index in [9.17, 15) is 4.79 Å². The SMILES string of the molecule is CCn1c(-c2ccc3c(c2)OCCO3)cnc1SCC(=O)N(C)Cc1cccc(OC)c1. The number of carbonyl (C=O) groups excluding carboxylic acids is 1. The predicted molar refractivity (Wildman–Crippen MR) is 125 cm³/mol. The van der Waals surface area contributed by atoms with E-state index in [1.54, 1.807) is 12.0 Å². The maximum absolute atomic E-state index is 12.7. The van der Waals surface area contributed by atoms with Crippen LogP contribution in [0.15, 0.2) is 53.8 Å². The molecule has 0 radical (unpaired) electrons. The Bertz CT molecular complexity index is 1100. The smallest absolute Gasteiger partial charge is 0.233 e. The van der Waals surface area contributed by atoms with Crippen LogP contribution in [0.1, 0.15) is 12.5 Å². The monoisotopic (exact) mass is 453 g/mol. The summed E-state index contributed by atoms with van der Waals surface area (Å²) in [7, 11) is 3.45. The summed E-state index contributed by atoms with van der Waals surface area (Å²) in [4.78, 5) is 19.0. The molecule has 8 heteroatoms. The lowest BCUT2D eigenvalue weighted by Crippen LogP contribution is -2.27. The van der Waals surface area contributed by atoms with Gasteiger partial charge in [-0.3, -0.25) is 4.79 Å². The van der Waals surface area contributed by atoms with Gasteiger partial charge in [-0.2, -0.15) is 0 Å². The van der Waals surface area contributed by atoms with E-state index in [4.69, 9.17) is 14.2 Å². The molecular formula is C24H27N3O4S. The van der Waals surface area contributed by atoms with Crippen LogP contribution in [0.2, 0.25) is 0 Å². The van der Waals surface area contributed by atoms with Crippen LogP contribution in [0.4, 0.5) is 0 Å². The lowest BCUT2D eigenvalue weighted by molar-refractivity contribution is -0.127. The largest absolute Gasteiger partial charge is 0.497 e. The van der Waals surface area contributed by atoms with E-state index < -0.39 is 0 Å². The number of aromatic nitrogens is 2. The van der Waals surface area contributed by atoms with Gasteiger partial charge in [-0.25, -0.2) is 4.98 Å². The van der Waals surface area contributed by atoms with Crippen molar-refractivity contribution in [1.29, 1.82) is 0 Å². The first-order valence-electron chi connectivity index (χ1n) is 10.5. The highest BCUT2D eigenvalue weighted by Crippen LogP contribution is 2.35. The Labute approximate surface area is 192 Å². The number of imidazole rings is 1. The molecule has 0 fully saturated rings. The van der Waals surface area contributed by atoms with Crippen molar-refractivity contribution in [2.75, 3.05) is 33.1 Å². The van der Waals surface area contributed by atoms with Gasteiger partial charge in [0, 0.05) is 25.7 Å². The second-order valence-electron chi connectivity index (χ2n) is 7.42. The van der Waals surface area contributed by atoms with Crippen molar-refractivity contribution in [1.82, 2.24) is 14.5 Å². The molecule has 4 rings (SSSR count). The zero-order chi connectivity index (χ0) is 22.5. The fourth-order valence-corrected chi connectivity index (χ4v) is 4.57. The van der Waals surface area contributed by atoms with Gasteiger partial charge in [-0.1, -0.05) is 23.9 Å². The Morgan fingerprint density at radius 3 is 2.78 bits per heavy atom. The number of hydrogen-bond donors (Lipinski definition) is 0. The molecule has 7 nitrogen and oxygen atoms in total. The Morgan fingerprint density at radius 2 is 2.00 bits per heavy atom. The number of rotatable bonds is 8. The topological polar surface area (TPSA) is 65.8 Å². The van der Waals surface area contributed by atoms with Crippen molar-refractivity contribution in [3.05, 3.63) is 54.2 Å². The maximum atomic E-state index is 12.7. The van der Waals surface area contributed by atoms with Crippen LogP contribution < -0.4 is 14.2 Å². The van der Waals surface area contributed by atoms with Crippen molar-refractivity contribution in [2.24, 2.45) is 0 Å². The number of methoxy groups -OCH3 is 1. The third-order valence-corrected chi connectivity index (χ3v) is 6.25. The van der Waals surface area contributed by atoms with Gasteiger partial charge < -0.3 is 23.7 Å². The van der Waals surface area contributed by atoms with Gasteiger partial charge in [-0.05, 0) is 42.8 Å². The van der Waals surface area contributed by atoms with Gasteiger partial charge in [0.1, 0.15) is 19.0 Å². The van der Waals surface area contributed by atoms with Gasteiger partial charge in [0.05, 0.1) is 24.8 Å². The molecule has 1 amide bonds. The summed E-state index contributed by atoms with van der Waals surface area (Å²) in [5.41, 5.74) is 3.03. The first-order valence-corrected chi connectivity index (χ1v) is 11.5. The molecule has 168 valence electrons. The van der Waals surface area contributed by atoms with E-state index in [0.717, 1.165) is 45.8 Å². The molecule has 2 heterocycles. The Balaban J connectivity index is 1.42. The van der Waals surface area contributed by atoms with Gasteiger partial charge in [0.15, 0.2) is 16.7 Å². The van der Waals surface area contributed by atoms with Crippen LogP contribution in [-0.4, -0.2) is 53.5 Å². The van der Waals surface area contributed by atoms with E-state index in [-0.39, 0.29) is 5.91 Å². The van der Waals surface area contributed by atoms with Crippen molar-refractivity contribution in [3.8, 4) is 28.5 Å². The molecule has 0 aliphatic carbocycles. The number of thioether (sulfide) groups is 1. The van der Waals surface area contributed by atoms with Crippen LogP contribution in [0.25, 0.3) is 11.3 Å². The number of nitrogens with zero attached hydrogens (tertiary/aromatic N) is 3. The summed E-state index contributed by atoms with van der Waals surface area (Å²) >= 11 is 1.45. The fourth-order valence-electron chi connectivity index (χ4n) is 3.58. The standard InChI is InChI=1S/C24H27N3O4S/c1-4-27-20(18-8-9-21-22(13-18)31-11-10-30-21)14-25-24(27)32-16-23(28)26(2)15-17-6-5-7-19(12-17)29-3/h5-9,12-14H,4,10-11,15-16H2,1-3H3. The third kappa shape index (κ3) is 4.85. The molecule has 1 aliphatic heterocycles. The highest BCUT2D eigenvalue weighted by Gasteiger charge is 2.18. The first kappa shape index (κ1) is 22.1. The zero-order valence-electron chi connectivity index (χ0n) is 18.5. The summed E-state index contributed by atoms with van der Waals surface area (Å²) in [6.07, 6.45) is 1.85. The van der Waals surface area contributed by atoms with Crippen molar-refractivity contribution < 1.29 is 19.0 Å². The van der Waals surface area contributed by atoms with Crippen LogP contribution in [0.3, 0.4) is 0 Å². The summed E-state index contributed by atoms with van der Waals surface area (Å²) in [6, 6.07) is 13.7. The first-order chi connectivity index (χ1) is 15.6. The molecule has 0 bridgehead atoms. The Hall–Kier alpha value is -3.13. The molecule has 0 atom stereocenters. The number of carbonyl (C=O) groups is 1. The van der Waals surface area contributed by atoms with Crippen LogP contribution in [0.5, 0.6) is 17.2 Å². The average Bonchev–Trinajstić information content (AvgIpc) is 3.25. The van der Waals surface area contributed by atoms with Crippen molar-refractivity contribution in [3.63, 3.8) is 0 Å². The third-order valence-electron chi connectivity index (χ3n) is 5.28. The molecule has 0 saturated heterocycles.